The minimum Gasteiger partial charge on any atom is -0.416 e. The fraction of sp³-hybridized carbons (Fsp3) is 1.00. The van der Waals surface area contributed by atoms with Gasteiger partial charge in [0.1, 0.15) is 0 Å². The molecule has 0 heterocycles. The van der Waals surface area contributed by atoms with Gasteiger partial charge in [0, 0.05) is 12.3 Å². The zero-order valence-electron chi connectivity index (χ0n) is 10.8. The normalized spacial score (nSPS) is 14.8. The van der Waals surface area contributed by atoms with Crippen LogP contribution in [0, 0.1) is 0 Å². The van der Waals surface area contributed by atoms with E-state index in [0.29, 0.717) is 5.67 Å². The maximum atomic E-state index is 5.96. The van der Waals surface area contributed by atoms with Crippen molar-refractivity contribution in [3.8, 4) is 0 Å². The third kappa shape index (κ3) is 3.71. The lowest BCUT2D eigenvalue weighted by Crippen LogP contribution is -2.54. The van der Waals surface area contributed by atoms with Gasteiger partial charge >= 0.3 is 0 Å². The van der Waals surface area contributed by atoms with Crippen LogP contribution < -0.4 is 0 Å². The van der Waals surface area contributed by atoms with Crippen molar-refractivity contribution >= 4 is 8.32 Å². The quantitative estimate of drug-likeness (QED) is 0.608. The van der Waals surface area contributed by atoms with Crippen molar-refractivity contribution in [2.45, 2.75) is 52.9 Å². The van der Waals surface area contributed by atoms with Crippen molar-refractivity contribution in [3.05, 3.63) is 0 Å². The molecule has 0 aromatic heterocycles. The molecule has 1 atom stereocenters. The molecule has 0 aliphatic heterocycles. The van der Waals surface area contributed by atoms with Gasteiger partial charge in [-0.1, -0.05) is 20.8 Å². The maximum Gasteiger partial charge on any atom is 0.203 e. The van der Waals surface area contributed by atoms with Gasteiger partial charge in [0.25, 0.3) is 0 Å². The minimum absolute atomic E-state index is 0.664. The summed E-state index contributed by atoms with van der Waals surface area (Å²) in [6.07, 6.45) is 1.21. The molecule has 3 heteroatoms. The molecule has 0 aromatic carbocycles. The van der Waals surface area contributed by atoms with Crippen LogP contribution in [0.1, 0.15) is 34.1 Å². The Morgan fingerprint density at radius 2 is 1.57 bits per heavy atom. The van der Waals surface area contributed by atoms with E-state index < -0.39 is 8.32 Å². The molecular formula is C11H27NOSi. The topological polar surface area (TPSA) is 12.5 Å². The SMILES string of the molecule is CCO[Si](C)(C)C(CC)N(CC)CC. The van der Waals surface area contributed by atoms with Crippen LogP contribution in [0.3, 0.4) is 0 Å². The van der Waals surface area contributed by atoms with Crippen LogP contribution in [-0.2, 0) is 4.43 Å². The van der Waals surface area contributed by atoms with E-state index in [1.54, 1.807) is 0 Å². The van der Waals surface area contributed by atoms with E-state index in [2.05, 4.69) is 45.7 Å². The van der Waals surface area contributed by atoms with Gasteiger partial charge in [-0.25, -0.2) is 0 Å². The van der Waals surface area contributed by atoms with Gasteiger partial charge < -0.3 is 9.33 Å². The second kappa shape index (κ2) is 6.59. The lowest BCUT2D eigenvalue weighted by Gasteiger charge is -2.38. The van der Waals surface area contributed by atoms with Gasteiger partial charge in [-0.2, -0.15) is 0 Å². The maximum absolute atomic E-state index is 5.96. The highest BCUT2D eigenvalue weighted by atomic mass is 28.4. The smallest absolute Gasteiger partial charge is 0.203 e. The zero-order chi connectivity index (χ0) is 11.2. The molecule has 0 radical (unpaired) electrons. The van der Waals surface area contributed by atoms with Crippen molar-refractivity contribution in [1.29, 1.82) is 0 Å². The van der Waals surface area contributed by atoms with Crippen molar-refractivity contribution in [3.63, 3.8) is 0 Å². The van der Waals surface area contributed by atoms with Crippen LogP contribution in [0.4, 0.5) is 0 Å². The largest absolute Gasteiger partial charge is 0.416 e. The Morgan fingerprint density at radius 3 is 1.86 bits per heavy atom. The van der Waals surface area contributed by atoms with E-state index in [1.165, 1.54) is 6.42 Å². The highest BCUT2D eigenvalue weighted by Gasteiger charge is 2.35. The monoisotopic (exact) mass is 217 g/mol. The van der Waals surface area contributed by atoms with Crippen molar-refractivity contribution < 1.29 is 4.43 Å². The molecule has 86 valence electrons. The van der Waals surface area contributed by atoms with Crippen LogP contribution in [0.2, 0.25) is 13.1 Å². The van der Waals surface area contributed by atoms with Crippen LogP contribution in [-0.4, -0.2) is 38.6 Å². The summed E-state index contributed by atoms with van der Waals surface area (Å²) in [5.74, 6) is 0. The van der Waals surface area contributed by atoms with Crippen molar-refractivity contribution in [1.82, 2.24) is 4.90 Å². The second-order valence-electron chi connectivity index (χ2n) is 4.18. The van der Waals surface area contributed by atoms with E-state index in [-0.39, 0.29) is 0 Å². The Kier molecular flexibility index (Phi) is 6.65. The van der Waals surface area contributed by atoms with Crippen molar-refractivity contribution in [2.75, 3.05) is 19.7 Å². The molecule has 0 aliphatic rings. The summed E-state index contributed by atoms with van der Waals surface area (Å²) in [6, 6.07) is 0. The first-order chi connectivity index (χ1) is 6.53. The third-order valence-corrected chi connectivity index (χ3v) is 6.37. The molecule has 0 bridgehead atoms. The molecule has 0 aromatic rings. The van der Waals surface area contributed by atoms with E-state index in [9.17, 15) is 0 Å². The molecule has 1 unspecified atom stereocenters. The van der Waals surface area contributed by atoms with Crippen molar-refractivity contribution in [2.24, 2.45) is 0 Å². The Balaban J connectivity index is 4.50. The molecule has 14 heavy (non-hydrogen) atoms. The van der Waals surface area contributed by atoms with Gasteiger partial charge in [0.2, 0.25) is 8.32 Å². The average molecular weight is 217 g/mol. The summed E-state index contributed by atoms with van der Waals surface area (Å²) >= 11 is 0. The molecular weight excluding hydrogens is 190 g/mol. The molecule has 0 aliphatic carbocycles. The molecule has 0 N–H and O–H groups in total. The van der Waals surface area contributed by atoms with Gasteiger partial charge in [-0.3, -0.25) is 0 Å². The standard InChI is InChI=1S/C11H27NOSi/c1-7-11(12(8-2)9-3)14(5,6)13-10-4/h11H,7-10H2,1-6H3. The number of nitrogens with zero attached hydrogens (tertiary/aromatic N) is 1. The summed E-state index contributed by atoms with van der Waals surface area (Å²) in [5, 5.41) is 0. The van der Waals surface area contributed by atoms with Crippen LogP contribution in [0.5, 0.6) is 0 Å². The first-order valence-corrected chi connectivity index (χ1v) is 8.89. The predicted octanol–water partition coefficient (Wildman–Crippen LogP) is 2.89. The van der Waals surface area contributed by atoms with Gasteiger partial charge in [-0.15, -0.1) is 0 Å². The van der Waals surface area contributed by atoms with E-state index >= 15 is 0 Å². The van der Waals surface area contributed by atoms with Gasteiger partial charge in [-0.05, 0) is 39.5 Å². The second-order valence-corrected chi connectivity index (χ2v) is 8.34. The Morgan fingerprint density at radius 1 is 1.07 bits per heavy atom. The molecule has 0 fully saturated rings. The van der Waals surface area contributed by atoms with Gasteiger partial charge in [0.05, 0.1) is 0 Å². The van der Waals surface area contributed by atoms with Crippen LogP contribution in [0.15, 0.2) is 0 Å². The Labute approximate surface area is 90.8 Å². The summed E-state index contributed by atoms with van der Waals surface area (Å²) in [6.45, 7) is 16.7. The molecule has 0 amide bonds. The van der Waals surface area contributed by atoms with Crippen LogP contribution in [0.25, 0.3) is 0 Å². The number of hydrogen-bond acceptors (Lipinski definition) is 2. The molecule has 0 spiro atoms. The highest BCUT2D eigenvalue weighted by Crippen LogP contribution is 2.19. The van der Waals surface area contributed by atoms with E-state index in [1.807, 2.05) is 0 Å². The molecule has 2 nitrogen and oxygen atoms in total. The first-order valence-electron chi connectivity index (χ1n) is 5.91. The Bertz CT molecular complexity index is 146. The van der Waals surface area contributed by atoms with Crippen LogP contribution >= 0.6 is 0 Å². The minimum atomic E-state index is -1.51. The summed E-state index contributed by atoms with van der Waals surface area (Å²) < 4.78 is 5.96. The lowest BCUT2D eigenvalue weighted by atomic mass is 10.4. The average Bonchev–Trinajstić information content (AvgIpc) is 2.13. The predicted molar refractivity (Wildman–Crippen MR) is 66.1 cm³/mol. The molecule has 0 rings (SSSR count). The Hall–Kier alpha value is 0.137. The summed E-state index contributed by atoms with van der Waals surface area (Å²) in [5.41, 5.74) is 0.664. The summed E-state index contributed by atoms with van der Waals surface area (Å²) in [7, 11) is -1.51. The molecule has 0 saturated heterocycles. The number of hydrogen-bond donors (Lipinski definition) is 0. The fourth-order valence-corrected chi connectivity index (χ4v) is 5.49. The lowest BCUT2D eigenvalue weighted by molar-refractivity contribution is 0.221. The van der Waals surface area contributed by atoms with E-state index in [4.69, 9.17) is 4.43 Å². The summed E-state index contributed by atoms with van der Waals surface area (Å²) in [4.78, 5) is 2.54. The fourth-order valence-electron chi connectivity index (χ4n) is 2.32. The highest BCUT2D eigenvalue weighted by molar-refractivity contribution is 6.72. The number of rotatable bonds is 7. The van der Waals surface area contributed by atoms with Gasteiger partial charge in [0.15, 0.2) is 0 Å². The third-order valence-electron chi connectivity index (χ3n) is 2.96. The first kappa shape index (κ1) is 14.1. The zero-order valence-corrected chi connectivity index (χ0v) is 11.8. The van der Waals surface area contributed by atoms with E-state index in [0.717, 1.165) is 19.7 Å². The molecule has 0 saturated carbocycles.